The molecule has 1 heterocycles. The first-order valence-electron chi connectivity index (χ1n) is 8.44. The first-order chi connectivity index (χ1) is 13.4. The highest BCUT2D eigenvalue weighted by molar-refractivity contribution is 7.80. The van der Waals surface area contributed by atoms with Gasteiger partial charge in [-0.25, -0.2) is 0 Å². The van der Waals surface area contributed by atoms with Crippen LogP contribution in [0, 0.1) is 0 Å². The molecule has 0 aliphatic carbocycles. The molecule has 0 unspecified atom stereocenters. The van der Waals surface area contributed by atoms with Crippen LogP contribution in [0.25, 0.3) is 16.8 Å². The van der Waals surface area contributed by atoms with E-state index in [2.05, 4.69) is 4.74 Å². The number of methoxy groups -OCH3 is 3. The van der Waals surface area contributed by atoms with Crippen LogP contribution < -0.4 is 9.47 Å². The summed E-state index contributed by atoms with van der Waals surface area (Å²) < 4.78 is 15.6. The number of hydrogen-bond acceptors (Lipinski definition) is 6. The Morgan fingerprint density at radius 1 is 1.11 bits per heavy atom. The minimum Gasteiger partial charge on any atom is -0.496 e. The highest BCUT2D eigenvalue weighted by atomic mass is 32.1. The number of fused-ring (bicyclic) bond motifs is 1. The van der Waals surface area contributed by atoms with Gasteiger partial charge in [-0.1, -0.05) is 18.2 Å². The van der Waals surface area contributed by atoms with E-state index in [1.165, 1.54) is 12.0 Å². The Balaban J connectivity index is 2.13. The quantitative estimate of drug-likeness (QED) is 0.434. The van der Waals surface area contributed by atoms with E-state index in [0.717, 1.165) is 16.3 Å². The van der Waals surface area contributed by atoms with Crippen LogP contribution in [0.2, 0.25) is 0 Å². The number of carbonyl (C=O) groups excluding carboxylic acids is 2. The van der Waals surface area contributed by atoms with E-state index in [1.807, 2.05) is 30.3 Å². The molecule has 0 bridgehead atoms. The summed E-state index contributed by atoms with van der Waals surface area (Å²) in [4.78, 5) is 27.3. The third-order valence-electron chi connectivity index (χ3n) is 4.59. The number of rotatable bonds is 5. The minimum atomic E-state index is -0.540. The average molecular weight is 400 g/mol. The molecule has 1 saturated heterocycles. The lowest BCUT2D eigenvalue weighted by atomic mass is 10.0. The number of nitrogens with zero attached hydrogens (tertiary/aromatic N) is 2. The van der Waals surface area contributed by atoms with Crippen molar-refractivity contribution >= 4 is 46.1 Å². The third kappa shape index (κ3) is 3.27. The van der Waals surface area contributed by atoms with Crippen LogP contribution in [0.5, 0.6) is 11.5 Å². The highest BCUT2D eigenvalue weighted by Crippen LogP contribution is 2.36. The molecule has 7 nitrogen and oxygen atoms in total. The molecule has 8 heteroatoms. The lowest BCUT2D eigenvalue weighted by Crippen LogP contribution is -2.36. The molecule has 1 fully saturated rings. The summed E-state index contributed by atoms with van der Waals surface area (Å²) in [7, 11) is 6.14. The van der Waals surface area contributed by atoms with Crippen molar-refractivity contribution in [2.75, 3.05) is 34.9 Å². The van der Waals surface area contributed by atoms with E-state index in [4.69, 9.17) is 21.7 Å². The summed E-state index contributed by atoms with van der Waals surface area (Å²) in [6, 6.07) is 9.33. The number of thiocarbonyl (C=S) groups is 1. The smallest absolute Gasteiger partial charge is 0.325 e. The van der Waals surface area contributed by atoms with E-state index in [0.29, 0.717) is 17.2 Å². The molecule has 2 aromatic rings. The van der Waals surface area contributed by atoms with Crippen molar-refractivity contribution in [2.45, 2.75) is 0 Å². The van der Waals surface area contributed by atoms with E-state index in [-0.39, 0.29) is 17.6 Å². The molecular weight excluding hydrogens is 380 g/mol. The standard InChI is InChI=1S/C20H20N2O5S/c1-21-14(19(24)22(20(21)28)11-17(23)27-4)10-12-8-9-15(25-2)13-6-5-7-16(26-3)18(12)13/h5-10H,11H2,1-4H3/b14-10-. The molecule has 2 aromatic carbocycles. The van der Waals surface area contributed by atoms with Gasteiger partial charge in [-0.3, -0.25) is 14.5 Å². The Kier molecular flexibility index (Phi) is 5.51. The zero-order chi connectivity index (χ0) is 20.4. The molecule has 1 amide bonds. The second kappa shape index (κ2) is 7.85. The molecule has 1 aliphatic heterocycles. The monoisotopic (exact) mass is 400 g/mol. The van der Waals surface area contributed by atoms with Crippen molar-refractivity contribution in [3.05, 3.63) is 41.6 Å². The first kappa shape index (κ1) is 19.6. The Labute approximate surface area is 168 Å². The van der Waals surface area contributed by atoms with Gasteiger partial charge in [0.25, 0.3) is 5.91 Å². The van der Waals surface area contributed by atoms with Gasteiger partial charge in [0, 0.05) is 17.8 Å². The van der Waals surface area contributed by atoms with Gasteiger partial charge >= 0.3 is 5.97 Å². The molecule has 0 saturated carbocycles. The summed E-state index contributed by atoms with van der Waals surface area (Å²) >= 11 is 5.32. The maximum absolute atomic E-state index is 12.9. The zero-order valence-corrected chi connectivity index (χ0v) is 16.8. The Hall–Kier alpha value is -3.13. The van der Waals surface area contributed by atoms with Crippen molar-refractivity contribution in [2.24, 2.45) is 0 Å². The van der Waals surface area contributed by atoms with Gasteiger partial charge in [0.15, 0.2) is 5.11 Å². The number of benzene rings is 2. The molecule has 0 spiro atoms. The lowest BCUT2D eigenvalue weighted by Gasteiger charge is -2.15. The predicted octanol–water partition coefficient (Wildman–Crippen LogP) is 2.43. The molecule has 28 heavy (non-hydrogen) atoms. The fourth-order valence-electron chi connectivity index (χ4n) is 3.13. The van der Waals surface area contributed by atoms with Crippen LogP contribution in [-0.4, -0.2) is 61.7 Å². The van der Waals surface area contributed by atoms with Gasteiger partial charge in [0.05, 0.1) is 21.3 Å². The largest absolute Gasteiger partial charge is 0.496 e. The van der Waals surface area contributed by atoms with E-state index in [1.54, 1.807) is 32.2 Å². The van der Waals surface area contributed by atoms with E-state index >= 15 is 0 Å². The minimum absolute atomic E-state index is 0.234. The Bertz CT molecular complexity index is 1000. The van der Waals surface area contributed by atoms with Crippen LogP contribution in [0.3, 0.4) is 0 Å². The van der Waals surface area contributed by atoms with Crippen molar-refractivity contribution in [1.82, 2.24) is 9.80 Å². The van der Waals surface area contributed by atoms with Gasteiger partial charge in [-0.05, 0) is 36.0 Å². The molecular formula is C20H20N2O5S. The van der Waals surface area contributed by atoms with Crippen molar-refractivity contribution in [1.29, 1.82) is 0 Å². The molecule has 1 aliphatic rings. The average Bonchev–Trinajstić information content (AvgIpc) is 2.91. The van der Waals surface area contributed by atoms with Crippen LogP contribution in [0.4, 0.5) is 0 Å². The molecule has 3 rings (SSSR count). The van der Waals surface area contributed by atoms with Gasteiger partial charge < -0.3 is 19.1 Å². The second-order valence-corrected chi connectivity index (χ2v) is 6.44. The van der Waals surface area contributed by atoms with Crippen molar-refractivity contribution < 1.29 is 23.8 Å². The summed E-state index contributed by atoms with van der Waals surface area (Å²) in [5.74, 6) is 0.453. The molecule has 0 N–H and O–H groups in total. The number of likely N-dealkylation sites (N-methyl/N-ethyl adjacent to an activating group) is 1. The number of ether oxygens (including phenoxy) is 3. The van der Waals surface area contributed by atoms with Crippen LogP contribution in [0.15, 0.2) is 36.0 Å². The summed E-state index contributed by atoms with van der Waals surface area (Å²) in [6.45, 7) is -0.234. The number of amides is 1. The third-order valence-corrected chi connectivity index (χ3v) is 5.08. The molecule has 146 valence electrons. The van der Waals surface area contributed by atoms with Crippen molar-refractivity contribution in [3.8, 4) is 11.5 Å². The van der Waals surface area contributed by atoms with Crippen LogP contribution >= 0.6 is 12.2 Å². The first-order valence-corrected chi connectivity index (χ1v) is 8.85. The maximum atomic E-state index is 12.9. The zero-order valence-electron chi connectivity index (χ0n) is 16.0. The summed E-state index contributed by atoms with van der Waals surface area (Å²) in [6.07, 6.45) is 1.73. The van der Waals surface area contributed by atoms with Gasteiger partial charge in [0.2, 0.25) is 0 Å². The molecule has 0 radical (unpaired) electrons. The summed E-state index contributed by atoms with van der Waals surface area (Å²) in [5, 5.41) is 1.92. The predicted molar refractivity (Wildman–Crippen MR) is 109 cm³/mol. The van der Waals surface area contributed by atoms with E-state index in [9.17, 15) is 9.59 Å². The summed E-state index contributed by atoms with van der Waals surface area (Å²) in [5.41, 5.74) is 1.12. The lowest BCUT2D eigenvalue weighted by molar-refractivity contribution is -0.143. The topological polar surface area (TPSA) is 68.3 Å². The number of carbonyl (C=O) groups is 2. The van der Waals surface area contributed by atoms with Crippen LogP contribution in [0.1, 0.15) is 5.56 Å². The van der Waals surface area contributed by atoms with Gasteiger partial charge in [-0.2, -0.15) is 0 Å². The van der Waals surface area contributed by atoms with Crippen molar-refractivity contribution in [3.63, 3.8) is 0 Å². The normalized spacial score (nSPS) is 15.5. The second-order valence-electron chi connectivity index (χ2n) is 6.08. The van der Waals surface area contributed by atoms with Gasteiger partial charge in [-0.15, -0.1) is 0 Å². The number of esters is 1. The highest BCUT2D eigenvalue weighted by Gasteiger charge is 2.37. The molecule has 0 aromatic heterocycles. The fourth-order valence-corrected chi connectivity index (χ4v) is 3.38. The maximum Gasteiger partial charge on any atom is 0.325 e. The van der Waals surface area contributed by atoms with E-state index < -0.39 is 5.97 Å². The Morgan fingerprint density at radius 3 is 2.46 bits per heavy atom. The number of hydrogen-bond donors (Lipinski definition) is 0. The van der Waals surface area contributed by atoms with Crippen LogP contribution in [-0.2, 0) is 14.3 Å². The molecule has 0 atom stereocenters. The fraction of sp³-hybridized carbons (Fsp3) is 0.250. The SMILES string of the molecule is COC(=O)CN1C(=O)/C(=C/c2ccc(OC)c3cccc(OC)c23)N(C)C1=S. The Morgan fingerprint density at radius 2 is 1.82 bits per heavy atom. The van der Waals surface area contributed by atoms with Gasteiger partial charge in [0.1, 0.15) is 23.7 Å².